The Balaban J connectivity index is 2.22. The summed E-state index contributed by atoms with van der Waals surface area (Å²) in [5.41, 5.74) is 6.27. The van der Waals surface area contributed by atoms with Crippen molar-refractivity contribution in [2.24, 2.45) is 0 Å². The number of nitrogens with one attached hydrogen (secondary N) is 2. The molecule has 2 aromatic carbocycles. The fourth-order valence-electron chi connectivity index (χ4n) is 2.00. The summed E-state index contributed by atoms with van der Waals surface area (Å²) in [6, 6.07) is 9.56. The van der Waals surface area contributed by atoms with Crippen molar-refractivity contribution in [3.63, 3.8) is 0 Å². The summed E-state index contributed by atoms with van der Waals surface area (Å²) < 4.78 is 26.8. The molecule has 8 nitrogen and oxygen atoms in total. The lowest BCUT2D eigenvalue weighted by Gasteiger charge is -2.11. The van der Waals surface area contributed by atoms with E-state index in [1.54, 1.807) is 24.3 Å². The molecular weight excluding hydrogens is 322 g/mol. The molecule has 0 saturated carbocycles. The molecule has 2 rings (SSSR count). The Morgan fingerprint density at radius 3 is 2.35 bits per heavy atom. The van der Waals surface area contributed by atoms with Gasteiger partial charge in [0, 0.05) is 16.5 Å². The van der Waals surface area contributed by atoms with Gasteiger partial charge in [-0.05, 0) is 12.1 Å². The van der Waals surface area contributed by atoms with Crippen LogP contribution in [0.2, 0.25) is 0 Å². The average molecular weight is 337 g/mol. The Morgan fingerprint density at radius 1 is 1.04 bits per heavy atom. The summed E-state index contributed by atoms with van der Waals surface area (Å²) >= 11 is 0. The Hall–Kier alpha value is -2.65. The van der Waals surface area contributed by atoms with E-state index in [2.05, 4.69) is 10.0 Å². The summed E-state index contributed by atoms with van der Waals surface area (Å²) in [6.07, 6.45) is 0. The van der Waals surface area contributed by atoms with E-state index < -0.39 is 35.0 Å². The molecule has 2 aromatic rings. The smallest absolute Gasteiger partial charge is 0.322 e. The van der Waals surface area contributed by atoms with Gasteiger partial charge in [-0.2, -0.15) is 0 Å². The second kappa shape index (κ2) is 6.63. The number of rotatable bonds is 6. The Bertz CT molecular complexity index is 864. The number of hydrogen-bond donors (Lipinski definition) is 4. The van der Waals surface area contributed by atoms with Crippen LogP contribution >= 0.6 is 0 Å². The Kier molecular flexibility index (Phi) is 4.82. The number of hydrogen-bond acceptors (Lipinski definition) is 5. The first kappa shape index (κ1) is 16.7. The van der Waals surface area contributed by atoms with Gasteiger partial charge in [-0.15, -0.1) is 0 Å². The van der Waals surface area contributed by atoms with Gasteiger partial charge in [0.1, 0.15) is 6.54 Å². The molecule has 0 aliphatic rings. The van der Waals surface area contributed by atoms with Crippen LogP contribution < -0.4 is 15.8 Å². The van der Waals surface area contributed by atoms with Crippen LogP contribution in [0.25, 0.3) is 10.8 Å². The predicted molar refractivity (Wildman–Crippen MR) is 84.2 cm³/mol. The van der Waals surface area contributed by atoms with Gasteiger partial charge >= 0.3 is 5.97 Å². The van der Waals surface area contributed by atoms with Gasteiger partial charge in [0.05, 0.1) is 11.4 Å². The number of anilines is 1. The molecule has 23 heavy (non-hydrogen) atoms. The summed E-state index contributed by atoms with van der Waals surface area (Å²) in [5, 5.41) is 11.5. The number of sulfonamides is 1. The molecule has 1 amide bonds. The van der Waals surface area contributed by atoms with Crippen molar-refractivity contribution in [2.75, 3.05) is 18.8 Å². The van der Waals surface area contributed by atoms with Crippen LogP contribution in [0.1, 0.15) is 0 Å². The molecular formula is C14H15N3O5S. The molecule has 0 spiro atoms. The standard InChI is InChI=1S/C14H15N3O5S/c15-11-5-6-12(10-4-2-1-3-9(10)11)23(21,22)17-7-13(18)16-8-14(19)20/h1-6,17H,7-8,15H2,(H,16,18)(H,19,20). The molecule has 0 atom stereocenters. The number of carbonyl (C=O) groups excluding carboxylic acids is 1. The van der Waals surface area contributed by atoms with E-state index in [1.807, 2.05) is 0 Å². The number of amides is 1. The number of nitrogen functional groups attached to an aromatic ring is 1. The number of carbonyl (C=O) groups is 2. The molecule has 0 bridgehead atoms. The highest BCUT2D eigenvalue weighted by Gasteiger charge is 2.19. The van der Waals surface area contributed by atoms with Crippen molar-refractivity contribution in [1.82, 2.24) is 10.0 Å². The lowest BCUT2D eigenvalue weighted by atomic mass is 10.1. The lowest BCUT2D eigenvalue weighted by molar-refractivity contribution is -0.137. The highest BCUT2D eigenvalue weighted by Crippen LogP contribution is 2.27. The average Bonchev–Trinajstić information content (AvgIpc) is 2.51. The van der Waals surface area contributed by atoms with E-state index in [0.717, 1.165) is 0 Å². The van der Waals surface area contributed by atoms with E-state index in [0.29, 0.717) is 16.5 Å². The number of benzene rings is 2. The molecule has 0 aliphatic carbocycles. The third-order valence-corrected chi connectivity index (χ3v) is 4.53. The summed E-state index contributed by atoms with van der Waals surface area (Å²) in [7, 11) is -3.95. The van der Waals surface area contributed by atoms with Gasteiger partial charge in [-0.25, -0.2) is 13.1 Å². The van der Waals surface area contributed by atoms with E-state index >= 15 is 0 Å². The molecule has 0 fully saturated rings. The lowest BCUT2D eigenvalue weighted by Crippen LogP contribution is -2.39. The molecule has 0 heterocycles. The van der Waals surface area contributed by atoms with Crippen molar-refractivity contribution >= 4 is 38.4 Å². The van der Waals surface area contributed by atoms with Crippen molar-refractivity contribution in [3.8, 4) is 0 Å². The Labute approximate surface area is 132 Å². The van der Waals surface area contributed by atoms with Gasteiger partial charge in [-0.1, -0.05) is 24.3 Å². The van der Waals surface area contributed by atoms with E-state index in [4.69, 9.17) is 10.8 Å². The quantitative estimate of drug-likeness (QED) is 0.543. The van der Waals surface area contributed by atoms with Gasteiger partial charge in [0.2, 0.25) is 15.9 Å². The summed E-state index contributed by atoms with van der Waals surface area (Å²) in [4.78, 5) is 21.8. The summed E-state index contributed by atoms with van der Waals surface area (Å²) in [6.45, 7) is -1.14. The first-order valence-electron chi connectivity index (χ1n) is 6.56. The molecule has 122 valence electrons. The highest BCUT2D eigenvalue weighted by atomic mass is 32.2. The molecule has 0 saturated heterocycles. The zero-order valence-electron chi connectivity index (χ0n) is 11.9. The normalized spacial score (nSPS) is 11.3. The third kappa shape index (κ3) is 3.96. The van der Waals surface area contributed by atoms with Crippen molar-refractivity contribution in [3.05, 3.63) is 36.4 Å². The SMILES string of the molecule is Nc1ccc(S(=O)(=O)NCC(=O)NCC(=O)O)c2ccccc12. The van der Waals surface area contributed by atoms with Gasteiger partial charge in [0.25, 0.3) is 0 Å². The van der Waals surface area contributed by atoms with E-state index in [-0.39, 0.29) is 4.90 Å². The molecule has 0 aromatic heterocycles. The van der Waals surface area contributed by atoms with Crippen LogP contribution in [0.15, 0.2) is 41.3 Å². The zero-order chi connectivity index (χ0) is 17.0. The predicted octanol–water partition coefficient (Wildman–Crippen LogP) is -0.0989. The van der Waals surface area contributed by atoms with E-state index in [1.165, 1.54) is 12.1 Å². The minimum Gasteiger partial charge on any atom is -0.480 e. The topological polar surface area (TPSA) is 139 Å². The van der Waals surface area contributed by atoms with Gasteiger partial charge in [-0.3, -0.25) is 9.59 Å². The second-order valence-electron chi connectivity index (χ2n) is 4.69. The first-order chi connectivity index (χ1) is 10.8. The van der Waals surface area contributed by atoms with Gasteiger partial charge < -0.3 is 16.2 Å². The van der Waals surface area contributed by atoms with Crippen molar-refractivity contribution in [2.45, 2.75) is 4.90 Å². The number of nitrogens with two attached hydrogens (primary N) is 1. The fourth-order valence-corrected chi connectivity index (χ4v) is 3.20. The minimum atomic E-state index is -3.95. The number of aliphatic carboxylic acids is 1. The molecule has 9 heteroatoms. The van der Waals surface area contributed by atoms with Crippen molar-refractivity contribution < 1.29 is 23.1 Å². The monoisotopic (exact) mass is 337 g/mol. The van der Waals surface area contributed by atoms with Crippen LogP contribution in [-0.4, -0.2) is 38.5 Å². The Morgan fingerprint density at radius 2 is 1.70 bits per heavy atom. The molecule has 0 aliphatic heterocycles. The van der Waals surface area contributed by atoms with Crippen LogP contribution in [0.3, 0.4) is 0 Å². The molecule has 0 unspecified atom stereocenters. The van der Waals surface area contributed by atoms with Crippen LogP contribution in [0.5, 0.6) is 0 Å². The maximum Gasteiger partial charge on any atom is 0.322 e. The van der Waals surface area contributed by atoms with Crippen molar-refractivity contribution in [1.29, 1.82) is 0 Å². The fraction of sp³-hybridized carbons (Fsp3) is 0.143. The zero-order valence-corrected chi connectivity index (χ0v) is 12.8. The third-order valence-electron chi connectivity index (χ3n) is 3.07. The van der Waals surface area contributed by atoms with Crippen LogP contribution in [0, 0.1) is 0 Å². The van der Waals surface area contributed by atoms with Crippen LogP contribution in [0.4, 0.5) is 5.69 Å². The highest BCUT2D eigenvalue weighted by molar-refractivity contribution is 7.89. The summed E-state index contributed by atoms with van der Waals surface area (Å²) in [5.74, 6) is -1.96. The maximum atomic E-state index is 12.4. The number of carboxylic acid groups (broad SMARTS) is 1. The number of carboxylic acids is 1. The largest absolute Gasteiger partial charge is 0.480 e. The molecule has 5 N–H and O–H groups in total. The molecule has 0 radical (unpaired) electrons. The maximum absolute atomic E-state index is 12.4. The second-order valence-corrected chi connectivity index (χ2v) is 6.43. The van der Waals surface area contributed by atoms with Crippen LogP contribution in [-0.2, 0) is 19.6 Å². The minimum absolute atomic E-state index is 0.00617. The number of fused-ring (bicyclic) bond motifs is 1. The first-order valence-corrected chi connectivity index (χ1v) is 8.05. The van der Waals surface area contributed by atoms with Gasteiger partial charge in [0.15, 0.2) is 0 Å². The van der Waals surface area contributed by atoms with E-state index in [9.17, 15) is 18.0 Å².